The first-order valence-corrected chi connectivity index (χ1v) is 13.9. The summed E-state index contributed by atoms with van der Waals surface area (Å²) >= 11 is 1.67. The number of thiazole rings is 1. The normalized spacial score (nSPS) is 18.2. The summed E-state index contributed by atoms with van der Waals surface area (Å²) in [6.45, 7) is 3.70. The summed E-state index contributed by atoms with van der Waals surface area (Å²) in [4.78, 5) is 34.7. The van der Waals surface area contributed by atoms with Crippen LogP contribution in [-0.2, 0) is 4.79 Å². The number of anilines is 1. The molecule has 2 aromatic heterocycles. The highest BCUT2D eigenvalue weighted by Crippen LogP contribution is 2.42. The Morgan fingerprint density at radius 2 is 1.87 bits per heavy atom. The van der Waals surface area contributed by atoms with E-state index in [1.165, 1.54) is 0 Å². The highest BCUT2D eigenvalue weighted by atomic mass is 32.1. The van der Waals surface area contributed by atoms with E-state index in [2.05, 4.69) is 10.3 Å². The lowest BCUT2D eigenvalue weighted by Gasteiger charge is -2.31. The minimum absolute atomic E-state index is 0.212. The maximum atomic E-state index is 12.9. The van der Waals surface area contributed by atoms with Gasteiger partial charge in [-0.1, -0.05) is 43.7 Å². The zero-order chi connectivity index (χ0) is 26.6. The van der Waals surface area contributed by atoms with E-state index in [0.29, 0.717) is 29.7 Å². The van der Waals surface area contributed by atoms with E-state index < -0.39 is 5.97 Å². The van der Waals surface area contributed by atoms with Gasteiger partial charge in [-0.3, -0.25) is 9.59 Å². The smallest absolute Gasteiger partial charge is 0.306 e. The summed E-state index contributed by atoms with van der Waals surface area (Å²) in [5, 5.41) is 13.6. The van der Waals surface area contributed by atoms with Crippen LogP contribution < -0.4 is 5.32 Å². The molecule has 4 aromatic rings. The van der Waals surface area contributed by atoms with Crippen LogP contribution in [0.3, 0.4) is 0 Å². The van der Waals surface area contributed by atoms with E-state index in [0.717, 1.165) is 46.7 Å². The van der Waals surface area contributed by atoms with Gasteiger partial charge in [-0.25, -0.2) is 9.97 Å². The van der Waals surface area contributed by atoms with Crippen LogP contribution in [0.1, 0.15) is 66.2 Å². The van der Waals surface area contributed by atoms with Crippen molar-refractivity contribution in [1.29, 1.82) is 0 Å². The van der Waals surface area contributed by atoms with E-state index >= 15 is 0 Å². The van der Waals surface area contributed by atoms with Crippen LogP contribution in [0.25, 0.3) is 21.9 Å². The Labute approximate surface area is 226 Å². The molecule has 1 aliphatic rings. The topological polar surface area (TPSA) is 105 Å². The van der Waals surface area contributed by atoms with Crippen molar-refractivity contribution < 1.29 is 19.1 Å². The van der Waals surface area contributed by atoms with Gasteiger partial charge in [0.15, 0.2) is 5.69 Å². The Balaban J connectivity index is 1.24. The molecule has 0 spiro atoms. The first-order valence-electron chi connectivity index (χ1n) is 13.1. The van der Waals surface area contributed by atoms with E-state index in [4.69, 9.17) is 9.40 Å². The predicted octanol–water partition coefficient (Wildman–Crippen LogP) is 7.41. The first-order chi connectivity index (χ1) is 18.4. The lowest BCUT2D eigenvalue weighted by molar-refractivity contribution is -0.144. The average molecular weight is 530 g/mol. The number of oxazole rings is 1. The molecule has 3 atom stereocenters. The number of carboxylic acid groups (broad SMARTS) is 1. The average Bonchev–Trinajstić information content (AvgIpc) is 3.58. The molecule has 0 radical (unpaired) electrons. The highest BCUT2D eigenvalue weighted by Gasteiger charge is 2.33. The predicted molar refractivity (Wildman–Crippen MR) is 148 cm³/mol. The minimum atomic E-state index is -0.680. The molecule has 7 nitrogen and oxygen atoms in total. The lowest BCUT2D eigenvalue weighted by Crippen LogP contribution is -2.27. The molecule has 0 bridgehead atoms. The molecule has 0 saturated heterocycles. The molecule has 38 heavy (non-hydrogen) atoms. The molecule has 2 aromatic carbocycles. The zero-order valence-corrected chi connectivity index (χ0v) is 22.3. The van der Waals surface area contributed by atoms with Crippen LogP contribution in [0, 0.1) is 18.8 Å². The van der Waals surface area contributed by atoms with Crippen molar-refractivity contribution in [3.8, 4) is 21.9 Å². The van der Waals surface area contributed by atoms with Crippen LogP contribution in [0.2, 0.25) is 0 Å². The van der Waals surface area contributed by atoms with Gasteiger partial charge in [-0.2, -0.15) is 0 Å². The van der Waals surface area contributed by atoms with Crippen molar-refractivity contribution >= 4 is 28.9 Å². The summed E-state index contributed by atoms with van der Waals surface area (Å²) in [7, 11) is 0. The quantitative estimate of drug-likeness (QED) is 0.246. The second-order valence-electron chi connectivity index (χ2n) is 9.86. The van der Waals surface area contributed by atoms with E-state index in [1.54, 1.807) is 18.3 Å². The van der Waals surface area contributed by atoms with Crippen LogP contribution >= 0.6 is 11.3 Å². The summed E-state index contributed by atoms with van der Waals surface area (Å²) in [6, 6.07) is 17.2. The molecular weight excluding hydrogens is 498 g/mol. The Kier molecular flexibility index (Phi) is 7.69. The Hall–Kier alpha value is -3.78. The number of hydrogen-bond acceptors (Lipinski definition) is 6. The number of benzene rings is 2. The number of amides is 1. The maximum absolute atomic E-state index is 12.9. The molecule has 1 aliphatic carbocycles. The van der Waals surface area contributed by atoms with Crippen molar-refractivity contribution in [3.63, 3.8) is 0 Å². The maximum Gasteiger partial charge on any atom is 0.306 e. The van der Waals surface area contributed by atoms with Gasteiger partial charge in [0, 0.05) is 23.4 Å². The fraction of sp³-hybridized carbons (Fsp3) is 0.333. The van der Waals surface area contributed by atoms with Gasteiger partial charge in [0.05, 0.1) is 15.8 Å². The molecule has 1 saturated carbocycles. The molecule has 2 N–H and O–H groups in total. The molecule has 8 heteroatoms. The zero-order valence-electron chi connectivity index (χ0n) is 21.5. The molecule has 0 aliphatic heterocycles. The van der Waals surface area contributed by atoms with Crippen molar-refractivity contribution in [2.24, 2.45) is 11.8 Å². The number of nitrogens with zero attached hydrogens (tertiary/aromatic N) is 2. The Bertz CT molecular complexity index is 1410. The number of aromatic nitrogens is 2. The van der Waals surface area contributed by atoms with E-state index in [9.17, 15) is 14.7 Å². The lowest BCUT2D eigenvalue weighted by atomic mass is 9.74. The fourth-order valence-corrected chi connectivity index (χ4v) is 6.43. The van der Waals surface area contributed by atoms with Crippen LogP contribution in [-0.4, -0.2) is 27.0 Å². The number of aryl methyl sites for hydroxylation is 1. The van der Waals surface area contributed by atoms with E-state index in [-0.39, 0.29) is 23.4 Å². The molecule has 1 amide bonds. The third kappa shape index (κ3) is 5.55. The molecule has 1 fully saturated rings. The van der Waals surface area contributed by atoms with Gasteiger partial charge in [-0.05, 0) is 68.4 Å². The highest BCUT2D eigenvalue weighted by molar-refractivity contribution is 7.15. The number of rotatable bonds is 8. The number of aliphatic carboxylic acids is 1. The number of carbonyl (C=O) groups is 2. The summed E-state index contributed by atoms with van der Waals surface area (Å²) in [5.74, 6) is 0.136. The third-order valence-corrected chi connectivity index (χ3v) is 8.58. The molecular formula is C30H31N3O4S. The number of hydrogen-bond donors (Lipinski definition) is 2. The van der Waals surface area contributed by atoms with Crippen molar-refractivity contribution in [2.75, 3.05) is 5.32 Å². The van der Waals surface area contributed by atoms with E-state index in [1.807, 2.05) is 67.7 Å². The Morgan fingerprint density at radius 1 is 1.11 bits per heavy atom. The number of carboxylic acids is 1. The third-order valence-electron chi connectivity index (χ3n) is 7.37. The van der Waals surface area contributed by atoms with Crippen molar-refractivity contribution in [1.82, 2.24) is 9.97 Å². The van der Waals surface area contributed by atoms with Crippen LogP contribution in [0.4, 0.5) is 5.69 Å². The van der Waals surface area contributed by atoms with Crippen LogP contribution in [0.15, 0.2) is 65.2 Å². The molecule has 2 heterocycles. The van der Waals surface area contributed by atoms with Gasteiger partial charge in [-0.15, -0.1) is 11.3 Å². The van der Waals surface area contributed by atoms with Gasteiger partial charge in [0.25, 0.3) is 5.91 Å². The molecule has 3 unspecified atom stereocenters. The van der Waals surface area contributed by atoms with Gasteiger partial charge < -0.3 is 14.8 Å². The van der Waals surface area contributed by atoms with Crippen molar-refractivity contribution in [3.05, 3.63) is 77.3 Å². The Morgan fingerprint density at radius 3 is 2.58 bits per heavy atom. The molecule has 196 valence electrons. The largest absolute Gasteiger partial charge is 0.481 e. The first kappa shape index (κ1) is 25.9. The standard InChI is InChI=1S/C30H31N3O4S/c1-3-24(30(35)36)21-10-7-11-22(16-21)29-31-17-25(38-29)19-12-14-23(15-13-19)32-27(34)26-18(2)37-28(33-26)20-8-5-4-6-9-20/h4-6,8-9,12-15,17,21-22,24H,3,7,10-11,16H2,1-2H3,(H,32,34)(H,35,36). The fourth-order valence-electron chi connectivity index (χ4n) is 5.36. The number of carbonyl (C=O) groups excluding carboxylic acids is 1. The monoisotopic (exact) mass is 529 g/mol. The second kappa shape index (κ2) is 11.3. The van der Waals surface area contributed by atoms with Crippen LogP contribution in [0.5, 0.6) is 0 Å². The van der Waals surface area contributed by atoms with Gasteiger partial charge in [0.1, 0.15) is 5.76 Å². The van der Waals surface area contributed by atoms with Crippen molar-refractivity contribution in [2.45, 2.75) is 51.9 Å². The molecule has 5 rings (SSSR count). The summed E-state index contributed by atoms with van der Waals surface area (Å²) in [5.41, 5.74) is 2.78. The number of nitrogens with one attached hydrogen (secondary N) is 1. The minimum Gasteiger partial charge on any atom is -0.481 e. The summed E-state index contributed by atoms with van der Waals surface area (Å²) in [6.07, 6.45) is 6.53. The van der Waals surface area contributed by atoms with Gasteiger partial charge >= 0.3 is 5.97 Å². The second-order valence-corrected chi connectivity index (χ2v) is 10.9. The SMILES string of the molecule is CCC(C(=O)O)C1CCCC(c2ncc(-c3ccc(NC(=O)c4nc(-c5ccccc5)oc4C)cc3)s2)C1. The summed E-state index contributed by atoms with van der Waals surface area (Å²) < 4.78 is 5.72. The van der Waals surface area contributed by atoms with Gasteiger partial charge in [0.2, 0.25) is 5.89 Å².